The minimum Gasteiger partial charge on any atom is -0.321 e. The van der Waals surface area contributed by atoms with Crippen molar-refractivity contribution < 1.29 is 4.68 Å². The van der Waals surface area contributed by atoms with Crippen molar-refractivity contribution in [2.75, 3.05) is 5.32 Å². The Morgan fingerprint density at radius 1 is 0.912 bits per heavy atom. The molecule has 8 heteroatoms. The predicted molar refractivity (Wildman–Crippen MR) is 132 cm³/mol. The number of nitrogens with one attached hydrogen (secondary N) is 3. The monoisotopic (exact) mass is 465 g/mol. The average Bonchev–Trinajstić information content (AvgIpc) is 3.38. The molecule has 0 bridgehead atoms. The van der Waals surface area contributed by atoms with Crippen molar-refractivity contribution in [1.82, 2.24) is 20.3 Å². The zero-order chi connectivity index (χ0) is 22.9. The van der Waals surface area contributed by atoms with Gasteiger partial charge in [0.25, 0.3) is 6.17 Å². The molecule has 0 saturated carbocycles. The summed E-state index contributed by atoms with van der Waals surface area (Å²) in [5.74, 6) is 0.707. The first kappa shape index (κ1) is 20.4. The van der Waals surface area contributed by atoms with Crippen LogP contribution in [0.4, 0.5) is 5.69 Å². The predicted octanol–water partition coefficient (Wildman–Crippen LogP) is 4.38. The zero-order valence-electron chi connectivity index (χ0n) is 18.1. The summed E-state index contributed by atoms with van der Waals surface area (Å²) in [6, 6.07) is 28.0. The maximum atomic E-state index is 13.3. The first-order valence-electron chi connectivity index (χ1n) is 11.0. The van der Waals surface area contributed by atoms with Gasteiger partial charge in [0.2, 0.25) is 5.16 Å². The van der Waals surface area contributed by atoms with E-state index in [0.717, 1.165) is 28.1 Å². The Bertz CT molecular complexity index is 1510. The van der Waals surface area contributed by atoms with E-state index in [4.69, 9.17) is 5.10 Å². The number of hydrogen-bond donors (Lipinski definition) is 3. The lowest BCUT2D eigenvalue weighted by atomic mass is 10.0. The molecule has 3 heterocycles. The van der Waals surface area contributed by atoms with Crippen LogP contribution in [0.1, 0.15) is 17.3 Å². The fraction of sp³-hybridized carbons (Fsp3) is 0.0769. The van der Waals surface area contributed by atoms with Crippen molar-refractivity contribution >= 4 is 17.4 Å². The Morgan fingerprint density at radius 3 is 2.47 bits per heavy atom. The Morgan fingerprint density at radius 2 is 1.65 bits per heavy atom. The molecule has 0 aliphatic carbocycles. The Labute approximate surface area is 199 Å². The summed E-state index contributed by atoms with van der Waals surface area (Å²) in [5.41, 5.74) is 6.01. The standard InChI is InChI=1S/C26H20N6OS/c33-25-23-19-13-7-8-14-21(19)28-24(20-15-27-30-22(20)18-11-5-2-6-12-18)32(23)31-26(29-25)34-16-17-9-3-1-4-10-17/h1-15,24H,16H2,(H2,27,29,30,31,33)/p+1/t24-/m0/s1. The zero-order valence-corrected chi connectivity index (χ0v) is 18.9. The van der Waals surface area contributed by atoms with E-state index in [1.54, 1.807) is 10.9 Å². The van der Waals surface area contributed by atoms with Crippen molar-refractivity contribution in [1.29, 1.82) is 0 Å². The van der Waals surface area contributed by atoms with Gasteiger partial charge in [-0.3, -0.25) is 14.9 Å². The third kappa shape index (κ3) is 3.68. The highest BCUT2D eigenvalue weighted by Gasteiger charge is 2.39. The molecular formula is C26H21N6OS+. The van der Waals surface area contributed by atoms with Crippen LogP contribution in [0.2, 0.25) is 0 Å². The fourth-order valence-electron chi connectivity index (χ4n) is 4.23. The highest BCUT2D eigenvalue weighted by Crippen LogP contribution is 2.34. The van der Waals surface area contributed by atoms with Crippen molar-refractivity contribution in [3.63, 3.8) is 0 Å². The Kier molecular flexibility index (Phi) is 5.20. The molecule has 7 nitrogen and oxygen atoms in total. The molecule has 3 N–H and O–H groups in total. The lowest BCUT2D eigenvalue weighted by Gasteiger charge is -2.22. The largest absolute Gasteiger partial charge is 0.325 e. The second-order valence-corrected chi connectivity index (χ2v) is 8.95. The van der Waals surface area contributed by atoms with E-state index >= 15 is 0 Å². The van der Waals surface area contributed by atoms with E-state index in [1.165, 1.54) is 17.3 Å². The first-order chi connectivity index (χ1) is 16.8. The van der Waals surface area contributed by atoms with Crippen LogP contribution in [0.25, 0.3) is 22.5 Å². The summed E-state index contributed by atoms with van der Waals surface area (Å²) in [4.78, 5) is 16.3. The van der Waals surface area contributed by atoms with E-state index in [-0.39, 0.29) is 5.56 Å². The van der Waals surface area contributed by atoms with Crippen LogP contribution in [-0.2, 0) is 5.75 Å². The molecule has 34 heavy (non-hydrogen) atoms. The molecular weight excluding hydrogens is 444 g/mol. The fourth-order valence-corrected chi connectivity index (χ4v) is 5.04. The average molecular weight is 466 g/mol. The molecule has 0 radical (unpaired) electrons. The number of hydrogen-bond acceptors (Lipinski definition) is 5. The third-order valence-electron chi connectivity index (χ3n) is 5.83. The lowest BCUT2D eigenvalue weighted by Crippen LogP contribution is -2.55. The van der Waals surface area contributed by atoms with E-state index in [0.29, 0.717) is 16.6 Å². The van der Waals surface area contributed by atoms with Crippen LogP contribution in [0.3, 0.4) is 0 Å². The number of aromatic nitrogens is 5. The van der Waals surface area contributed by atoms with Crippen LogP contribution < -0.4 is 15.6 Å². The maximum absolute atomic E-state index is 13.3. The summed E-state index contributed by atoms with van der Waals surface area (Å²) < 4.78 is 1.78. The SMILES string of the molecule is O=c1[nH]c(SCc2ccccc2)n[n+]2c1-c1ccccc1N[C@@H]2c1cn[nH]c1-c1ccccc1. The topological polar surface area (TPSA) is 90.3 Å². The molecule has 0 unspecified atom stereocenters. The number of nitrogens with zero attached hydrogens (tertiary/aromatic N) is 3. The summed E-state index contributed by atoms with van der Waals surface area (Å²) in [7, 11) is 0. The number of benzene rings is 3. The number of aromatic amines is 2. The molecule has 1 aliphatic rings. The van der Waals surface area contributed by atoms with Gasteiger partial charge in [0.15, 0.2) is 0 Å². The molecule has 3 aromatic carbocycles. The maximum Gasteiger partial charge on any atom is 0.325 e. The van der Waals surface area contributed by atoms with E-state index in [2.05, 4.69) is 32.6 Å². The van der Waals surface area contributed by atoms with Gasteiger partial charge in [-0.2, -0.15) is 5.10 Å². The van der Waals surface area contributed by atoms with Gasteiger partial charge in [0.05, 0.1) is 28.7 Å². The van der Waals surface area contributed by atoms with E-state index in [1.807, 2.05) is 72.8 Å². The second kappa shape index (κ2) is 8.64. The molecule has 0 fully saturated rings. The smallest absolute Gasteiger partial charge is 0.321 e. The molecule has 1 aliphatic heterocycles. The number of fused-ring (bicyclic) bond motifs is 3. The second-order valence-electron chi connectivity index (χ2n) is 7.99. The normalized spacial score (nSPS) is 14.2. The highest BCUT2D eigenvalue weighted by molar-refractivity contribution is 7.98. The number of rotatable bonds is 5. The van der Waals surface area contributed by atoms with Crippen LogP contribution >= 0.6 is 11.8 Å². The molecule has 1 atom stereocenters. The Hall–Kier alpha value is -4.17. The van der Waals surface area contributed by atoms with Gasteiger partial charge in [-0.1, -0.05) is 84.6 Å². The molecule has 0 amide bonds. The number of thioether (sulfide) groups is 1. The summed E-state index contributed by atoms with van der Waals surface area (Å²) in [5, 5.41) is 16.5. The molecule has 2 aromatic heterocycles. The summed E-state index contributed by atoms with van der Waals surface area (Å²) in [6.45, 7) is 0. The van der Waals surface area contributed by atoms with Gasteiger partial charge in [-0.05, 0) is 22.4 Å². The van der Waals surface area contributed by atoms with E-state index < -0.39 is 6.17 Å². The van der Waals surface area contributed by atoms with Gasteiger partial charge in [-0.25, -0.2) is 0 Å². The summed E-state index contributed by atoms with van der Waals surface area (Å²) in [6.07, 6.45) is 1.39. The van der Waals surface area contributed by atoms with Crippen molar-refractivity contribution in [2.45, 2.75) is 17.1 Å². The van der Waals surface area contributed by atoms with E-state index in [9.17, 15) is 4.79 Å². The summed E-state index contributed by atoms with van der Waals surface area (Å²) >= 11 is 1.50. The number of H-pyrrole nitrogens is 2. The first-order valence-corrected chi connectivity index (χ1v) is 11.9. The molecule has 166 valence electrons. The van der Waals surface area contributed by atoms with Crippen LogP contribution in [0.15, 0.2) is 101 Å². The van der Waals surface area contributed by atoms with Gasteiger partial charge in [0.1, 0.15) is 0 Å². The van der Waals surface area contributed by atoms with Crippen LogP contribution in [-0.4, -0.2) is 20.3 Å². The molecule has 6 rings (SSSR count). The Balaban J connectivity index is 1.47. The van der Waals surface area contributed by atoms with Gasteiger partial charge in [-0.15, -0.1) is 0 Å². The van der Waals surface area contributed by atoms with Crippen molar-refractivity contribution in [3.8, 4) is 22.5 Å². The lowest BCUT2D eigenvalue weighted by molar-refractivity contribution is -0.759. The third-order valence-corrected chi connectivity index (χ3v) is 6.76. The van der Waals surface area contributed by atoms with Crippen molar-refractivity contribution in [2.24, 2.45) is 0 Å². The minimum absolute atomic E-state index is 0.172. The highest BCUT2D eigenvalue weighted by atomic mass is 32.2. The van der Waals surface area contributed by atoms with Crippen molar-refractivity contribution in [3.05, 3.63) is 113 Å². The minimum atomic E-state index is -0.405. The molecule has 5 aromatic rings. The van der Waals surface area contributed by atoms with Gasteiger partial charge < -0.3 is 5.32 Å². The number of para-hydroxylation sites is 1. The molecule has 0 spiro atoms. The molecule has 0 saturated heterocycles. The van der Waals surface area contributed by atoms with Crippen LogP contribution in [0.5, 0.6) is 0 Å². The number of anilines is 1. The van der Waals surface area contributed by atoms with Gasteiger partial charge in [0, 0.05) is 16.4 Å². The quantitative estimate of drug-likeness (QED) is 0.265. The van der Waals surface area contributed by atoms with Gasteiger partial charge >= 0.3 is 11.3 Å². The van der Waals surface area contributed by atoms with Crippen LogP contribution in [0, 0.1) is 0 Å².